The van der Waals surface area contributed by atoms with Crippen LogP contribution >= 0.6 is 0 Å². The Hall–Kier alpha value is -6.33. The van der Waals surface area contributed by atoms with Crippen LogP contribution in [0.25, 0.3) is 72.0 Å². The van der Waals surface area contributed by atoms with Crippen molar-refractivity contribution >= 4 is 49.7 Å². The van der Waals surface area contributed by atoms with E-state index in [2.05, 4.69) is 178 Å². The van der Waals surface area contributed by atoms with Gasteiger partial charge in [-0.25, -0.2) is 4.98 Å². The van der Waals surface area contributed by atoms with Gasteiger partial charge in [0.05, 0.1) is 27.8 Å². The van der Waals surface area contributed by atoms with E-state index in [1.165, 1.54) is 83.1 Å². The lowest BCUT2D eigenvalue weighted by Crippen LogP contribution is -1.99. The maximum atomic E-state index is 4.75. The van der Waals surface area contributed by atoms with Crippen molar-refractivity contribution in [2.45, 2.75) is 136 Å². The molecular formula is C61H79N5. The fraction of sp³-hybridized carbons (Fsp3) is 0.328. The minimum absolute atomic E-state index is 0.931. The van der Waals surface area contributed by atoms with E-state index in [4.69, 9.17) is 4.98 Å². The molecule has 0 saturated heterocycles. The number of aromatic nitrogens is 5. The van der Waals surface area contributed by atoms with E-state index in [1.54, 1.807) is 0 Å². The zero-order chi connectivity index (χ0) is 48.3. The van der Waals surface area contributed by atoms with Crippen LogP contribution < -0.4 is 0 Å². The molecule has 0 spiro atoms. The summed E-state index contributed by atoms with van der Waals surface area (Å²) in [5, 5.41) is 2.82. The van der Waals surface area contributed by atoms with Crippen molar-refractivity contribution < 1.29 is 0 Å². The first-order chi connectivity index (χ1) is 32.7. The van der Waals surface area contributed by atoms with Crippen LogP contribution in [0.4, 0.5) is 0 Å². The van der Waals surface area contributed by atoms with E-state index in [-0.39, 0.29) is 0 Å². The van der Waals surface area contributed by atoms with Crippen LogP contribution in [-0.2, 0) is 32.5 Å². The van der Waals surface area contributed by atoms with Crippen molar-refractivity contribution in [3.8, 4) is 22.4 Å². The van der Waals surface area contributed by atoms with Crippen LogP contribution in [0.5, 0.6) is 0 Å². The lowest BCUT2D eigenvalue weighted by atomic mass is 10.0. The molecule has 12 rings (SSSR count). The molecule has 0 atom stereocenters. The fourth-order valence-electron chi connectivity index (χ4n) is 9.32. The number of hydrogen-bond acceptors (Lipinski definition) is 1. The van der Waals surface area contributed by atoms with E-state index in [1.807, 2.05) is 89.2 Å². The smallest absolute Gasteiger partial charge is 0.215 e. The number of imidazole rings is 2. The Bertz CT molecular complexity index is 3010. The summed E-state index contributed by atoms with van der Waals surface area (Å²) in [4.78, 5) is 4.75. The van der Waals surface area contributed by atoms with E-state index in [0.29, 0.717) is 0 Å². The largest absolute Gasteiger partial charge is 0.344 e. The van der Waals surface area contributed by atoms with Crippen molar-refractivity contribution in [1.29, 1.82) is 0 Å². The predicted octanol–water partition coefficient (Wildman–Crippen LogP) is 18.1. The molecule has 5 heteroatoms. The Morgan fingerprint density at radius 3 is 1.42 bits per heavy atom. The monoisotopic (exact) mass is 882 g/mol. The lowest BCUT2D eigenvalue weighted by molar-refractivity contribution is 0.759. The van der Waals surface area contributed by atoms with Crippen molar-refractivity contribution in [3.05, 3.63) is 168 Å². The lowest BCUT2D eigenvalue weighted by Gasteiger charge is -2.07. The summed E-state index contributed by atoms with van der Waals surface area (Å²) in [6.07, 6.45) is 2.16. The predicted molar refractivity (Wildman–Crippen MR) is 294 cm³/mol. The molecule has 0 N–H and O–H groups in total. The van der Waals surface area contributed by atoms with Crippen LogP contribution in [-0.4, -0.2) is 23.1 Å². The second-order valence-corrected chi connectivity index (χ2v) is 14.3. The summed E-state index contributed by atoms with van der Waals surface area (Å²) < 4.78 is 9.42. The van der Waals surface area contributed by atoms with Gasteiger partial charge in [0.15, 0.2) is 0 Å². The van der Waals surface area contributed by atoms with Crippen molar-refractivity contribution in [3.63, 3.8) is 0 Å². The van der Waals surface area contributed by atoms with Gasteiger partial charge < -0.3 is 13.7 Å². The van der Waals surface area contributed by atoms with Crippen LogP contribution in [0.2, 0.25) is 0 Å². The molecular weight excluding hydrogens is 803 g/mol. The molecule has 0 saturated carbocycles. The quantitative estimate of drug-likeness (QED) is 0.174. The molecule has 66 heavy (non-hydrogen) atoms. The summed E-state index contributed by atoms with van der Waals surface area (Å²) in [5.41, 5.74) is 19.1. The zero-order valence-corrected chi connectivity index (χ0v) is 43.1. The Morgan fingerprint density at radius 1 is 0.394 bits per heavy atom. The molecule has 0 fully saturated rings. The highest BCUT2D eigenvalue weighted by atomic mass is 15.2. The fourth-order valence-corrected chi connectivity index (χ4v) is 9.32. The summed E-state index contributed by atoms with van der Waals surface area (Å²) >= 11 is 0. The summed E-state index contributed by atoms with van der Waals surface area (Å²) in [6.45, 7) is 33.6. The SMILES string of the molecule is CC.CC.CC.CC.CC.CC.CCn1c2c(c3ccccc31)-c1ccccc1C2.CCn1c2c(c3ccccc31)Cc1ccccc1-2.CCn1c2ccccc2n2c3ccccc3nc12. The van der Waals surface area contributed by atoms with Gasteiger partial charge in [-0.1, -0.05) is 192 Å². The molecule has 0 aliphatic heterocycles. The number of fused-ring (bicyclic) bond motifs is 15. The maximum absolute atomic E-state index is 4.75. The Labute approximate surface area is 397 Å². The van der Waals surface area contributed by atoms with Crippen molar-refractivity contribution in [2.24, 2.45) is 0 Å². The van der Waals surface area contributed by atoms with Crippen LogP contribution in [0.1, 0.15) is 126 Å². The molecule has 0 unspecified atom stereocenters. The third-order valence-corrected chi connectivity index (χ3v) is 11.6. The van der Waals surface area contributed by atoms with Gasteiger partial charge in [0.2, 0.25) is 5.78 Å². The minimum atomic E-state index is 0.931. The highest BCUT2D eigenvalue weighted by Crippen LogP contribution is 2.44. The zero-order valence-electron chi connectivity index (χ0n) is 43.1. The third kappa shape index (κ3) is 9.77. The minimum Gasteiger partial charge on any atom is -0.344 e. The molecule has 348 valence electrons. The molecule has 2 aliphatic rings. The van der Waals surface area contributed by atoms with E-state index >= 15 is 0 Å². The highest BCUT2D eigenvalue weighted by molar-refractivity contribution is 6.01. The summed E-state index contributed by atoms with van der Waals surface area (Å²) in [7, 11) is 0. The third-order valence-electron chi connectivity index (χ3n) is 11.6. The summed E-state index contributed by atoms with van der Waals surface area (Å²) in [5.74, 6) is 1.03. The van der Waals surface area contributed by atoms with E-state index < -0.39 is 0 Å². The number of aryl methyl sites for hydroxylation is 3. The standard InChI is InChI=1S/2C17H15N.C15H13N3.6C2H6/c1-2-18-16-10-6-5-9-14(16)15-11-12-7-3-4-8-13(12)17(15)18;1-2-18-15-10-6-5-9-14(15)17-13-8-4-3-7-12(13)11-16(17)18;1-2-17-13-9-5-6-10-14(13)18-12-8-4-3-7-11(12)16-15(17)18;6*1-2/h2*3-10H,2,11H2,1H3;3-10H,2H2,1H3;6*1-2H3. The number of nitrogens with zero attached hydrogens (tertiary/aromatic N) is 5. The molecule has 4 aromatic heterocycles. The number of rotatable bonds is 3. The Balaban J connectivity index is 0.000000194. The topological polar surface area (TPSA) is 32.1 Å². The second-order valence-electron chi connectivity index (χ2n) is 14.3. The first-order valence-corrected chi connectivity index (χ1v) is 25.4. The van der Waals surface area contributed by atoms with E-state index in [9.17, 15) is 0 Å². The van der Waals surface area contributed by atoms with Crippen LogP contribution in [0.15, 0.2) is 146 Å². The van der Waals surface area contributed by atoms with Crippen LogP contribution in [0, 0.1) is 0 Å². The van der Waals surface area contributed by atoms with Gasteiger partial charge in [0.25, 0.3) is 0 Å². The van der Waals surface area contributed by atoms with Crippen molar-refractivity contribution in [2.75, 3.05) is 0 Å². The molecule has 0 bridgehead atoms. The van der Waals surface area contributed by atoms with Gasteiger partial charge in [0, 0.05) is 71.1 Å². The Kier molecular flexibility index (Phi) is 20.6. The van der Waals surface area contributed by atoms with Crippen LogP contribution in [0.3, 0.4) is 0 Å². The number of hydrogen-bond donors (Lipinski definition) is 0. The van der Waals surface area contributed by atoms with Crippen molar-refractivity contribution in [1.82, 2.24) is 23.1 Å². The average Bonchev–Trinajstić information content (AvgIpc) is 4.26. The van der Waals surface area contributed by atoms with Gasteiger partial charge in [-0.3, -0.25) is 4.40 Å². The molecule has 10 aromatic rings. The average molecular weight is 882 g/mol. The first-order valence-electron chi connectivity index (χ1n) is 25.4. The normalized spacial score (nSPS) is 10.7. The van der Waals surface area contributed by atoms with Gasteiger partial charge >= 0.3 is 0 Å². The second kappa shape index (κ2) is 26.0. The molecule has 0 amide bonds. The molecule has 0 radical (unpaired) electrons. The molecule has 6 aromatic carbocycles. The van der Waals surface area contributed by atoms with Gasteiger partial charge in [-0.15, -0.1) is 0 Å². The van der Waals surface area contributed by atoms with Gasteiger partial charge in [-0.2, -0.15) is 0 Å². The van der Waals surface area contributed by atoms with Gasteiger partial charge in [0.1, 0.15) is 0 Å². The first kappa shape index (κ1) is 52.3. The number of para-hydroxylation sites is 6. The molecule has 5 nitrogen and oxygen atoms in total. The Morgan fingerprint density at radius 2 is 0.833 bits per heavy atom. The molecule has 4 heterocycles. The molecule has 2 aliphatic carbocycles. The maximum Gasteiger partial charge on any atom is 0.215 e. The number of benzene rings is 6. The van der Waals surface area contributed by atoms with Gasteiger partial charge in [-0.05, 0) is 79.4 Å². The van der Waals surface area contributed by atoms with E-state index in [0.717, 1.165) is 43.8 Å². The summed E-state index contributed by atoms with van der Waals surface area (Å²) in [6, 6.07) is 51.9. The highest BCUT2D eigenvalue weighted by Gasteiger charge is 2.26.